The number of hydrogen-bond acceptors (Lipinski definition) is 5. The average Bonchev–Trinajstić information content (AvgIpc) is 2.56. The molecule has 3 N–H and O–H groups in total. The molecule has 0 amide bonds. The highest BCUT2D eigenvalue weighted by atomic mass is 32.2. The highest BCUT2D eigenvalue weighted by Crippen LogP contribution is 2.07. The Hall–Kier alpha value is -1.37. The van der Waals surface area contributed by atoms with Crippen molar-refractivity contribution in [2.75, 3.05) is 19.1 Å². The van der Waals surface area contributed by atoms with Gasteiger partial charge in [0.05, 0.1) is 6.04 Å². The fourth-order valence-electron chi connectivity index (χ4n) is 1.93. The van der Waals surface area contributed by atoms with E-state index in [1.807, 2.05) is 36.6 Å². The maximum Gasteiger partial charge on any atom is 0.320 e. The van der Waals surface area contributed by atoms with Gasteiger partial charge in [0.2, 0.25) is 0 Å². The zero-order valence-electron chi connectivity index (χ0n) is 13.1. The molecule has 0 aromatic heterocycles. The van der Waals surface area contributed by atoms with Gasteiger partial charge in [0, 0.05) is 7.11 Å². The minimum Gasteiger partial charge on any atom is -0.480 e. The Morgan fingerprint density at radius 3 is 2.41 bits per heavy atom. The molecule has 0 bridgehead atoms. The quantitative estimate of drug-likeness (QED) is 0.566. The van der Waals surface area contributed by atoms with Crippen molar-refractivity contribution in [1.82, 2.24) is 5.32 Å². The number of carbonyl (C=O) groups is 2. The molecular formula is C16H25NO4S. The molecule has 0 spiro atoms. The van der Waals surface area contributed by atoms with Crippen molar-refractivity contribution in [3.8, 4) is 0 Å². The number of aliphatic hydroxyl groups excluding tert-OH is 1. The highest BCUT2D eigenvalue weighted by Gasteiger charge is 2.20. The summed E-state index contributed by atoms with van der Waals surface area (Å²) in [7, 11) is 1.00. The number of thioether (sulfide) groups is 1. The van der Waals surface area contributed by atoms with Crippen molar-refractivity contribution in [1.29, 1.82) is 0 Å². The highest BCUT2D eigenvalue weighted by molar-refractivity contribution is 7.98. The molecule has 6 heteroatoms. The molecule has 0 aliphatic rings. The molecule has 2 atom stereocenters. The maximum absolute atomic E-state index is 11.3. The fraction of sp³-hybridized carbons (Fsp3) is 0.500. The van der Waals surface area contributed by atoms with Crippen LogP contribution >= 0.6 is 11.8 Å². The number of nitrogens with one attached hydrogen (secondary N) is 1. The first kappa shape index (κ1) is 20.6. The van der Waals surface area contributed by atoms with Crippen LogP contribution in [0.3, 0.4) is 0 Å². The molecule has 1 aromatic rings. The normalized spacial score (nSPS) is 12.7. The van der Waals surface area contributed by atoms with Crippen LogP contribution in [0.15, 0.2) is 30.3 Å². The molecule has 1 aromatic carbocycles. The average molecular weight is 327 g/mol. The van der Waals surface area contributed by atoms with Crippen molar-refractivity contribution in [3.63, 3.8) is 0 Å². The number of aryl methyl sites for hydroxylation is 1. The van der Waals surface area contributed by atoms with Gasteiger partial charge < -0.3 is 15.0 Å². The van der Waals surface area contributed by atoms with Crippen molar-refractivity contribution in [2.24, 2.45) is 0 Å². The lowest BCUT2D eigenvalue weighted by Crippen LogP contribution is -2.44. The monoisotopic (exact) mass is 327 g/mol. The van der Waals surface area contributed by atoms with E-state index in [4.69, 9.17) is 5.11 Å². The Morgan fingerprint density at radius 1 is 1.27 bits per heavy atom. The summed E-state index contributed by atoms with van der Waals surface area (Å²) >= 11 is 1.64. The topological polar surface area (TPSA) is 86.6 Å². The Balaban J connectivity index is 0.00000211. The van der Waals surface area contributed by atoms with Gasteiger partial charge in [-0.15, -0.1) is 0 Å². The zero-order chi connectivity index (χ0) is 16.8. The van der Waals surface area contributed by atoms with E-state index in [1.165, 1.54) is 0 Å². The van der Waals surface area contributed by atoms with Crippen LogP contribution in [0.5, 0.6) is 0 Å². The number of rotatable bonds is 10. The number of aldehydes is 1. The second kappa shape index (κ2) is 13.3. The Morgan fingerprint density at radius 2 is 1.91 bits per heavy atom. The second-order valence-corrected chi connectivity index (χ2v) is 5.59. The van der Waals surface area contributed by atoms with Gasteiger partial charge in [-0.3, -0.25) is 10.1 Å². The lowest BCUT2D eigenvalue weighted by atomic mass is 10.0. The predicted molar refractivity (Wildman–Crippen MR) is 90.3 cm³/mol. The van der Waals surface area contributed by atoms with Crippen LogP contribution < -0.4 is 5.32 Å². The SMILES string of the molecule is CO.CSCCC(C=O)NC(CCc1ccccc1)C(=O)O. The first-order valence-electron chi connectivity index (χ1n) is 7.09. The van der Waals surface area contributed by atoms with Gasteiger partial charge in [-0.25, -0.2) is 0 Å². The lowest BCUT2D eigenvalue weighted by Gasteiger charge is -2.19. The van der Waals surface area contributed by atoms with Gasteiger partial charge in [-0.2, -0.15) is 11.8 Å². The zero-order valence-corrected chi connectivity index (χ0v) is 13.9. The minimum atomic E-state index is -0.906. The first-order valence-corrected chi connectivity index (χ1v) is 8.48. The van der Waals surface area contributed by atoms with Crippen molar-refractivity contribution in [3.05, 3.63) is 35.9 Å². The van der Waals surface area contributed by atoms with E-state index < -0.39 is 12.0 Å². The number of aliphatic carboxylic acids is 1. The number of carboxylic acid groups (broad SMARTS) is 1. The minimum absolute atomic E-state index is 0.390. The molecule has 2 unspecified atom stereocenters. The maximum atomic E-state index is 11.3. The molecule has 5 nitrogen and oxygen atoms in total. The Labute approximate surface area is 136 Å². The molecular weight excluding hydrogens is 302 g/mol. The number of aliphatic hydroxyl groups is 1. The summed E-state index contributed by atoms with van der Waals surface area (Å²) in [5.41, 5.74) is 1.10. The van der Waals surface area contributed by atoms with E-state index in [2.05, 4.69) is 5.32 Å². The van der Waals surface area contributed by atoms with Crippen LogP contribution in [0.2, 0.25) is 0 Å². The Kier molecular flexibility index (Phi) is 12.5. The van der Waals surface area contributed by atoms with E-state index in [-0.39, 0.29) is 6.04 Å². The fourth-order valence-corrected chi connectivity index (χ4v) is 2.42. The van der Waals surface area contributed by atoms with Gasteiger partial charge in [0.25, 0.3) is 0 Å². The van der Waals surface area contributed by atoms with Crippen LogP contribution in [0, 0.1) is 0 Å². The van der Waals surface area contributed by atoms with Crippen LogP contribution in [0.4, 0.5) is 0 Å². The van der Waals surface area contributed by atoms with Crippen LogP contribution in [0.25, 0.3) is 0 Å². The summed E-state index contributed by atoms with van der Waals surface area (Å²) in [5.74, 6) is -0.0709. The predicted octanol–water partition coefficient (Wildman–Crippen LogP) is 1.59. The van der Waals surface area contributed by atoms with Crippen LogP contribution in [0.1, 0.15) is 18.4 Å². The third kappa shape index (κ3) is 8.81. The standard InChI is InChI=1S/C15H21NO3S.CH4O/c1-20-10-9-13(11-17)16-14(15(18)19)8-7-12-5-3-2-4-6-12;1-2/h2-6,11,13-14,16H,7-10H2,1H3,(H,18,19);2H,1H3. The van der Waals surface area contributed by atoms with Crippen LogP contribution in [-0.2, 0) is 16.0 Å². The largest absolute Gasteiger partial charge is 0.480 e. The van der Waals surface area contributed by atoms with Crippen molar-refractivity contribution >= 4 is 24.0 Å². The number of benzene rings is 1. The van der Waals surface area contributed by atoms with Crippen molar-refractivity contribution in [2.45, 2.75) is 31.3 Å². The Bertz CT molecular complexity index is 414. The van der Waals surface area contributed by atoms with Gasteiger partial charge in [-0.05, 0) is 36.8 Å². The number of carboxylic acids is 1. The number of hydrogen-bond donors (Lipinski definition) is 3. The lowest BCUT2D eigenvalue weighted by molar-refractivity contribution is -0.139. The van der Waals surface area contributed by atoms with Gasteiger partial charge in [-0.1, -0.05) is 30.3 Å². The van der Waals surface area contributed by atoms with Gasteiger partial charge in [0.1, 0.15) is 12.3 Å². The molecule has 0 aliphatic heterocycles. The summed E-state index contributed by atoms with van der Waals surface area (Å²) in [6, 6.07) is 8.68. The summed E-state index contributed by atoms with van der Waals surface area (Å²) in [6.07, 6.45) is 4.57. The first-order chi connectivity index (χ1) is 10.7. The molecule has 0 heterocycles. The molecule has 1 rings (SSSR count). The second-order valence-electron chi connectivity index (χ2n) is 4.61. The number of carbonyl (C=O) groups excluding carboxylic acids is 1. The van der Waals surface area contributed by atoms with Gasteiger partial charge >= 0.3 is 5.97 Å². The summed E-state index contributed by atoms with van der Waals surface area (Å²) in [5, 5.41) is 19.2. The molecule has 124 valence electrons. The van der Waals surface area contributed by atoms with Gasteiger partial charge in [0.15, 0.2) is 0 Å². The molecule has 0 radical (unpaired) electrons. The molecule has 0 saturated heterocycles. The van der Waals surface area contributed by atoms with Crippen LogP contribution in [-0.4, -0.2) is 53.7 Å². The molecule has 22 heavy (non-hydrogen) atoms. The molecule has 0 saturated carbocycles. The van der Waals surface area contributed by atoms with E-state index in [0.717, 1.165) is 24.7 Å². The van der Waals surface area contributed by atoms with E-state index in [1.54, 1.807) is 11.8 Å². The molecule has 0 aliphatic carbocycles. The van der Waals surface area contributed by atoms with E-state index in [9.17, 15) is 14.7 Å². The van der Waals surface area contributed by atoms with Crippen molar-refractivity contribution < 1.29 is 19.8 Å². The van der Waals surface area contributed by atoms with E-state index >= 15 is 0 Å². The third-order valence-corrected chi connectivity index (χ3v) is 3.72. The summed E-state index contributed by atoms with van der Waals surface area (Å²) in [4.78, 5) is 22.2. The third-order valence-electron chi connectivity index (χ3n) is 3.08. The smallest absolute Gasteiger partial charge is 0.320 e. The summed E-state index contributed by atoms with van der Waals surface area (Å²) < 4.78 is 0. The summed E-state index contributed by atoms with van der Waals surface area (Å²) in [6.45, 7) is 0. The molecule has 0 fully saturated rings. The van der Waals surface area contributed by atoms with E-state index in [0.29, 0.717) is 19.3 Å².